The molecule has 1 N–H and O–H groups in total. The van der Waals surface area contributed by atoms with E-state index in [0.29, 0.717) is 25.6 Å². The molecule has 0 fully saturated rings. The zero-order chi connectivity index (χ0) is 20.5. The number of hydrogen-bond acceptors (Lipinski definition) is 5. The Kier molecular flexibility index (Phi) is 11.4. The second kappa shape index (κ2) is 12.9. The van der Waals surface area contributed by atoms with Gasteiger partial charge in [-0.05, 0) is 26.0 Å². The molecule has 1 aromatic heterocycles. The number of methoxy groups -OCH3 is 1. The van der Waals surface area contributed by atoms with Crippen molar-refractivity contribution < 1.29 is 18.3 Å². The third kappa shape index (κ3) is 8.01. The van der Waals surface area contributed by atoms with Crippen molar-refractivity contribution in [1.82, 2.24) is 15.2 Å². The third-order valence-electron chi connectivity index (χ3n) is 3.87. The van der Waals surface area contributed by atoms with E-state index in [0.717, 1.165) is 22.8 Å². The smallest absolute Gasteiger partial charge is 0.194 e. The summed E-state index contributed by atoms with van der Waals surface area (Å²) in [6, 6.07) is 3.22. The average Bonchev–Trinajstić information content (AvgIpc) is 3.13. The van der Waals surface area contributed by atoms with E-state index >= 15 is 0 Å². The second-order valence-electron chi connectivity index (χ2n) is 6.07. The van der Waals surface area contributed by atoms with Gasteiger partial charge in [-0.1, -0.05) is 0 Å². The zero-order valence-corrected chi connectivity index (χ0v) is 20.1. The lowest BCUT2D eigenvalue weighted by molar-refractivity contribution is 0.119. The van der Waals surface area contributed by atoms with Gasteiger partial charge < -0.3 is 19.7 Å². The molecule has 0 saturated carbocycles. The minimum Gasteiger partial charge on any atom is -0.489 e. The number of aliphatic imine (C=N–C) groups is 1. The Morgan fingerprint density at radius 2 is 2.14 bits per heavy atom. The number of halogens is 3. The predicted octanol–water partition coefficient (Wildman–Crippen LogP) is 4.22. The van der Waals surface area contributed by atoms with Gasteiger partial charge in [0.15, 0.2) is 17.5 Å². The van der Waals surface area contributed by atoms with Crippen LogP contribution in [0.4, 0.5) is 8.78 Å². The molecular formula is C19H27F2IN4O2S. The van der Waals surface area contributed by atoms with E-state index in [-0.39, 0.29) is 42.4 Å². The predicted molar refractivity (Wildman–Crippen MR) is 122 cm³/mol. The van der Waals surface area contributed by atoms with Gasteiger partial charge in [-0.25, -0.2) is 18.8 Å². The Balaban J connectivity index is 0.00000420. The van der Waals surface area contributed by atoms with Gasteiger partial charge in [-0.3, -0.25) is 0 Å². The number of hydrogen-bond donors (Lipinski definition) is 1. The van der Waals surface area contributed by atoms with Crippen LogP contribution >= 0.6 is 35.3 Å². The lowest BCUT2D eigenvalue weighted by Crippen LogP contribution is -2.38. The second-order valence-corrected chi connectivity index (χ2v) is 6.96. The van der Waals surface area contributed by atoms with Crippen molar-refractivity contribution in [1.29, 1.82) is 0 Å². The molecule has 29 heavy (non-hydrogen) atoms. The summed E-state index contributed by atoms with van der Waals surface area (Å²) in [5.74, 6) is -0.654. The maximum absolute atomic E-state index is 13.6. The van der Waals surface area contributed by atoms with E-state index in [4.69, 9.17) is 9.47 Å². The van der Waals surface area contributed by atoms with Gasteiger partial charge in [0.1, 0.15) is 23.5 Å². The van der Waals surface area contributed by atoms with Crippen LogP contribution in [0.3, 0.4) is 0 Å². The molecule has 0 aliphatic heterocycles. The molecule has 0 amide bonds. The average molecular weight is 540 g/mol. The molecule has 10 heteroatoms. The maximum atomic E-state index is 13.6. The van der Waals surface area contributed by atoms with Crippen molar-refractivity contribution >= 4 is 41.3 Å². The number of thiazole rings is 1. The number of guanidine groups is 1. The van der Waals surface area contributed by atoms with Crippen LogP contribution in [0.2, 0.25) is 0 Å². The van der Waals surface area contributed by atoms with Crippen LogP contribution in [0.15, 0.2) is 28.6 Å². The fourth-order valence-electron chi connectivity index (χ4n) is 2.37. The lowest BCUT2D eigenvalue weighted by Gasteiger charge is -2.21. The summed E-state index contributed by atoms with van der Waals surface area (Å²) in [4.78, 5) is 11.0. The number of nitrogens with one attached hydrogen (secondary N) is 1. The summed E-state index contributed by atoms with van der Waals surface area (Å²) in [7, 11) is 3.58. The Labute approximate surface area is 191 Å². The van der Waals surface area contributed by atoms with E-state index in [1.807, 2.05) is 31.2 Å². The lowest BCUT2D eigenvalue weighted by atomic mass is 10.3. The van der Waals surface area contributed by atoms with E-state index in [9.17, 15) is 8.78 Å². The van der Waals surface area contributed by atoms with Gasteiger partial charge in [0.05, 0.1) is 18.8 Å². The molecule has 0 saturated heterocycles. The molecule has 0 radical (unpaired) electrons. The highest BCUT2D eigenvalue weighted by molar-refractivity contribution is 14.0. The van der Waals surface area contributed by atoms with E-state index in [1.165, 1.54) is 6.07 Å². The topological polar surface area (TPSA) is 59.0 Å². The molecule has 1 heterocycles. The molecule has 0 aliphatic rings. The Hall–Kier alpha value is -1.53. The van der Waals surface area contributed by atoms with Gasteiger partial charge >= 0.3 is 0 Å². The van der Waals surface area contributed by atoms with Crippen molar-refractivity contribution in [3.05, 3.63) is 45.9 Å². The highest BCUT2D eigenvalue weighted by Crippen LogP contribution is 2.21. The highest BCUT2D eigenvalue weighted by Gasteiger charge is 2.12. The minimum atomic E-state index is -0.724. The molecule has 162 valence electrons. The summed E-state index contributed by atoms with van der Waals surface area (Å²) in [5, 5.41) is 6.15. The van der Waals surface area contributed by atoms with E-state index in [1.54, 1.807) is 18.4 Å². The van der Waals surface area contributed by atoms with Crippen LogP contribution < -0.4 is 10.1 Å². The zero-order valence-electron chi connectivity index (χ0n) is 16.9. The Morgan fingerprint density at radius 1 is 1.38 bits per heavy atom. The van der Waals surface area contributed by atoms with Gasteiger partial charge in [0.2, 0.25) is 0 Å². The summed E-state index contributed by atoms with van der Waals surface area (Å²) in [6.45, 7) is 5.74. The quantitative estimate of drug-likeness (QED) is 0.224. The molecule has 0 spiro atoms. The van der Waals surface area contributed by atoms with Crippen molar-refractivity contribution in [2.24, 2.45) is 4.99 Å². The van der Waals surface area contributed by atoms with Crippen molar-refractivity contribution in [3.8, 4) is 5.75 Å². The van der Waals surface area contributed by atoms with Gasteiger partial charge in [0, 0.05) is 32.1 Å². The molecular weight excluding hydrogens is 513 g/mol. The van der Waals surface area contributed by atoms with Crippen LogP contribution in [0.5, 0.6) is 5.75 Å². The maximum Gasteiger partial charge on any atom is 0.194 e. The molecule has 0 bridgehead atoms. The molecule has 1 aromatic carbocycles. The number of nitrogens with zero attached hydrogens (tertiary/aromatic N) is 3. The van der Waals surface area contributed by atoms with Crippen molar-refractivity contribution in [2.45, 2.75) is 26.5 Å². The first kappa shape index (κ1) is 25.5. The number of aromatic nitrogens is 1. The molecule has 0 aliphatic carbocycles. The summed E-state index contributed by atoms with van der Waals surface area (Å²) in [6.07, 6.45) is -0.0324. The summed E-state index contributed by atoms with van der Waals surface area (Å²) in [5.41, 5.74) is 0.932. The fourth-order valence-corrected chi connectivity index (χ4v) is 3.21. The highest BCUT2D eigenvalue weighted by atomic mass is 127. The first-order valence-electron chi connectivity index (χ1n) is 8.99. The number of rotatable bonds is 9. The molecule has 1 atom stereocenters. The standard InChI is InChI=1S/C19H26F2N4O2S.HI/c1-5-22-19(23-8-9-27-17-7-6-14(20)10-16(17)21)25(3)11-15-12-28-18(24-15)13(2)26-4;/h6-7,10,12-13H,5,8-9,11H2,1-4H3,(H,22,23);1H. The number of benzene rings is 1. The molecule has 6 nitrogen and oxygen atoms in total. The Morgan fingerprint density at radius 3 is 2.79 bits per heavy atom. The van der Waals surface area contributed by atoms with Crippen LogP contribution in [0.1, 0.15) is 30.7 Å². The van der Waals surface area contributed by atoms with Gasteiger partial charge in [0.25, 0.3) is 0 Å². The van der Waals surface area contributed by atoms with Crippen molar-refractivity contribution in [3.63, 3.8) is 0 Å². The monoisotopic (exact) mass is 540 g/mol. The molecule has 2 aromatic rings. The van der Waals surface area contributed by atoms with Gasteiger partial charge in [-0.2, -0.15) is 0 Å². The van der Waals surface area contributed by atoms with Crippen LogP contribution in [-0.2, 0) is 11.3 Å². The first-order chi connectivity index (χ1) is 13.4. The van der Waals surface area contributed by atoms with E-state index < -0.39 is 11.6 Å². The third-order valence-corrected chi connectivity index (χ3v) is 4.93. The Bertz CT molecular complexity index is 791. The normalized spacial score (nSPS) is 12.3. The summed E-state index contributed by atoms with van der Waals surface area (Å²) < 4.78 is 37.1. The molecule has 1 unspecified atom stereocenters. The van der Waals surface area contributed by atoms with Crippen LogP contribution in [0, 0.1) is 11.6 Å². The van der Waals surface area contributed by atoms with Crippen molar-refractivity contribution in [2.75, 3.05) is 33.9 Å². The largest absolute Gasteiger partial charge is 0.489 e. The minimum absolute atomic E-state index is 0. The number of ether oxygens (including phenoxy) is 2. The summed E-state index contributed by atoms with van der Waals surface area (Å²) >= 11 is 1.57. The van der Waals surface area contributed by atoms with Crippen LogP contribution in [-0.4, -0.2) is 49.7 Å². The molecule has 2 rings (SSSR count). The van der Waals surface area contributed by atoms with Crippen LogP contribution in [0.25, 0.3) is 0 Å². The first-order valence-corrected chi connectivity index (χ1v) is 9.87. The van der Waals surface area contributed by atoms with E-state index in [2.05, 4.69) is 15.3 Å². The fraction of sp³-hybridized carbons (Fsp3) is 0.474. The SMILES string of the molecule is CCNC(=NCCOc1ccc(F)cc1F)N(C)Cc1csc(C(C)OC)n1.I. The van der Waals surface area contributed by atoms with Gasteiger partial charge in [-0.15, -0.1) is 35.3 Å².